The van der Waals surface area contributed by atoms with E-state index in [-0.39, 0.29) is 23.7 Å². The lowest BCUT2D eigenvalue weighted by molar-refractivity contribution is -0.607. The number of oxime groups is 1. The Labute approximate surface area is 193 Å². The number of nitrogens with two attached hydrogens (primary N) is 1. The number of hydrogen-bond acceptors (Lipinski definition) is 8. The first-order valence-electron chi connectivity index (χ1n) is 11.4. The van der Waals surface area contributed by atoms with Gasteiger partial charge in [-0.15, -0.1) is 0 Å². The molecule has 4 heterocycles. The molecule has 176 valence electrons. The van der Waals surface area contributed by atoms with Crippen molar-refractivity contribution >= 4 is 17.6 Å². The Balaban J connectivity index is 1.28. The van der Waals surface area contributed by atoms with Crippen LogP contribution in [0.4, 0.5) is 5.95 Å². The number of nitrogens with zero attached hydrogens (tertiary/aromatic N) is 6. The Hall–Kier alpha value is -3.27. The summed E-state index contributed by atoms with van der Waals surface area (Å²) >= 11 is 0. The Morgan fingerprint density at radius 2 is 1.82 bits per heavy atom. The Kier molecular flexibility index (Phi) is 7.33. The van der Waals surface area contributed by atoms with Crippen LogP contribution in [-0.2, 0) is 16.2 Å². The number of rotatable bonds is 6. The van der Waals surface area contributed by atoms with E-state index in [4.69, 9.17) is 10.6 Å². The summed E-state index contributed by atoms with van der Waals surface area (Å²) in [4.78, 5) is 30.6. The van der Waals surface area contributed by atoms with Gasteiger partial charge in [0.1, 0.15) is 7.11 Å². The van der Waals surface area contributed by atoms with Crippen molar-refractivity contribution < 1.29 is 14.4 Å². The molecule has 0 saturated carbocycles. The van der Waals surface area contributed by atoms with E-state index >= 15 is 0 Å². The van der Waals surface area contributed by atoms with Crippen LogP contribution in [-0.4, -0.2) is 64.7 Å². The number of carbonyl (C=O) groups excluding carboxylic acids is 1. The third kappa shape index (κ3) is 5.57. The minimum Gasteiger partial charge on any atom is -0.618 e. The molecule has 0 aromatic carbocycles. The molecule has 0 aliphatic carbocycles. The van der Waals surface area contributed by atoms with Crippen molar-refractivity contribution in [2.75, 3.05) is 39.0 Å². The maximum Gasteiger partial charge on any atom is 0.241 e. The quantitative estimate of drug-likeness (QED) is 0.302. The summed E-state index contributed by atoms with van der Waals surface area (Å²) in [6.07, 6.45) is 8.21. The van der Waals surface area contributed by atoms with Crippen molar-refractivity contribution in [1.82, 2.24) is 19.8 Å². The molecule has 2 aromatic rings. The fourth-order valence-corrected chi connectivity index (χ4v) is 4.73. The largest absolute Gasteiger partial charge is 0.618 e. The monoisotopic (exact) mass is 453 g/mol. The van der Waals surface area contributed by atoms with Gasteiger partial charge >= 0.3 is 0 Å². The van der Waals surface area contributed by atoms with E-state index in [9.17, 15) is 10.0 Å². The number of anilines is 1. The summed E-state index contributed by atoms with van der Waals surface area (Å²) in [5.74, 6) is 0.669. The molecule has 10 heteroatoms. The Bertz CT molecular complexity index is 966. The zero-order chi connectivity index (χ0) is 23.2. The van der Waals surface area contributed by atoms with Crippen LogP contribution in [0.3, 0.4) is 0 Å². The van der Waals surface area contributed by atoms with Gasteiger partial charge in [-0.25, -0.2) is 9.97 Å². The van der Waals surface area contributed by atoms with Crippen LogP contribution in [0.15, 0.2) is 41.9 Å². The molecule has 2 aliphatic heterocycles. The summed E-state index contributed by atoms with van der Waals surface area (Å²) in [5, 5.41) is 16.4. The number of likely N-dealkylation sites (tertiary alicyclic amines) is 2. The van der Waals surface area contributed by atoms with Gasteiger partial charge in [-0.05, 0) is 44.8 Å². The number of pyridine rings is 1. The van der Waals surface area contributed by atoms with Gasteiger partial charge in [0.15, 0.2) is 11.9 Å². The summed E-state index contributed by atoms with van der Waals surface area (Å²) in [6, 6.07) is 5.27. The van der Waals surface area contributed by atoms with Crippen LogP contribution in [0.5, 0.6) is 0 Å². The van der Waals surface area contributed by atoms with Crippen molar-refractivity contribution in [2.24, 2.45) is 17.0 Å². The second kappa shape index (κ2) is 10.6. The van der Waals surface area contributed by atoms with Crippen LogP contribution in [0.1, 0.15) is 36.9 Å². The summed E-state index contributed by atoms with van der Waals surface area (Å²) in [6.45, 7) is 3.86. The fraction of sp³-hybridized carbons (Fsp3) is 0.522. The number of amides is 1. The van der Waals surface area contributed by atoms with Crippen molar-refractivity contribution in [2.45, 2.75) is 32.2 Å². The zero-order valence-corrected chi connectivity index (χ0v) is 19.0. The molecular weight excluding hydrogens is 422 g/mol. The third-order valence-corrected chi connectivity index (χ3v) is 6.54. The maximum absolute atomic E-state index is 13.1. The van der Waals surface area contributed by atoms with Gasteiger partial charge in [-0.2, -0.15) is 4.73 Å². The van der Waals surface area contributed by atoms with Gasteiger partial charge < -0.3 is 20.7 Å². The maximum atomic E-state index is 13.1. The number of hydrogen-bond donors (Lipinski definition) is 1. The molecule has 0 spiro atoms. The van der Waals surface area contributed by atoms with Gasteiger partial charge in [0.25, 0.3) is 0 Å². The average molecular weight is 454 g/mol. The first kappa shape index (κ1) is 22.9. The predicted octanol–water partition coefficient (Wildman–Crippen LogP) is 1.19. The molecule has 0 radical (unpaired) electrons. The molecule has 0 atom stereocenters. The number of piperidine rings is 2. The highest BCUT2D eigenvalue weighted by Crippen LogP contribution is 2.26. The third-order valence-electron chi connectivity index (χ3n) is 6.54. The van der Waals surface area contributed by atoms with E-state index in [2.05, 4.69) is 20.0 Å². The smallest absolute Gasteiger partial charge is 0.241 e. The van der Waals surface area contributed by atoms with E-state index < -0.39 is 0 Å². The SMILES string of the molecule is CON=C(c1cccc[n+]1[O-])C1CCN(C(=O)C2CCN(Cc3cnc(N)nc3)CC2)CC1. The normalized spacial score (nSPS) is 18.9. The van der Waals surface area contributed by atoms with Crippen molar-refractivity contribution in [3.8, 4) is 0 Å². The van der Waals surface area contributed by atoms with Crippen LogP contribution >= 0.6 is 0 Å². The minimum atomic E-state index is 0.0607. The first-order chi connectivity index (χ1) is 16.0. The van der Waals surface area contributed by atoms with Gasteiger partial charge in [-0.1, -0.05) is 5.16 Å². The Morgan fingerprint density at radius 3 is 2.45 bits per heavy atom. The zero-order valence-electron chi connectivity index (χ0n) is 19.0. The van der Waals surface area contributed by atoms with Gasteiger partial charge in [0.05, 0.1) is 0 Å². The molecule has 33 heavy (non-hydrogen) atoms. The molecule has 2 N–H and O–H groups in total. The topological polar surface area (TPSA) is 124 Å². The van der Waals surface area contributed by atoms with Crippen molar-refractivity contribution in [3.63, 3.8) is 0 Å². The molecule has 2 saturated heterocycles. The molecule has 2 fully saturated rings. The standard InChI is InChI=1S/C23H31N7O3/c1-33-27-21(20-4-2-3-9-30(20)32)18-7-12-29(13-8-18)22(31)19-5-10-28(11-6-19)16-17-14-25-23(24)26-15-17/h2-4,9,14-15,18-19H,5-8,10-13,16H2,1H3,(H2,24,25,26). The summed E-state index contributed by atoms with van der Waals surface area (Å²) in [7, 11) is 1.49. The molecule has 4 rings (SSSR count). The minimum absolute atomic E-state index is 0.0607. The van der Waals surface area contributed by atoms with E-state index in [0.717, 1.165) is 55.6 Å². The lowest BCUT2D eigenvalue weighted by Gasteiger charge is -2.37. The molecular formula is C23H31N7O3. The van der Waals surface area contributed by atoms with Crippen LogP contribution in [0.2, 0.25) is 0 Å². The first-order valence-corrected chi connectivity index (χ1v) is 11.4. The van der Waals surface area contributed by atoms with Gasteiger partial charge in [0.2, 0.25) is 17.5 Å². The molecule has 0 bridgehead atoms. The second-order valence-electron chi connectivity index (χ2n) is 8.67. The van der Waals surface area contributed by atoms with E-state index in [0.29, 0.717) is 24.5 Å². The Morgan fingerprint density at radius 1 is 1.15 bits per heavy atom. The highest BCUT2D eigenvalue weighted by atomic mass is 16.6. The summed E-state index contributed by atoms with van der Waals surface area (Å²) < 4.78 is 0.819. The summed E-state index contributed by atoms with van der Waals surface area (Å²) in [5.41, 5.74) is 7.74. The van der Waals surface area contributed by atoms with Crippen LogP contribution < -0.4 is 10.5 Å². The molecule has 2 aromatic heterocycles. The van der Waals surface area contributed by atoms with Crippen LogP contribution in [0, 0.1) is 17.0 Å². The highest BCUT2D eigenvalue weighted by Gasteiger charge is 2.34. The van der Waals surface area contributed by atoms with Crippen LogP contribution in [0.25, 0.3) is 0 Å². The fourth-order valence-electron chi connectivity index (χ4n) is 4.73. The lowest BCUT2D eigenvalue weighted by atomic mass is 9.88. The number of carbonyl (C=O) groups is 1. The predicted molar refractivity (Wildman–Crippen MR) is 123 cm³/mol. The van der Waals surface area contributed by atoms with Crippen molar-refractivity contribution in [3.05, 3.63) is 53.3 Å². The average Bonchev–Trinajstić information content (AvgIpc) is 2.85. The molecule has 0 unspecified atom stereocenters. The molecule has 2 aliphatic rings. The molecule has 10 nitrogen and oxygen atoms in total. The lowest BCUT2D eigenvalue weighted by Crippen LogP contribution is -2.47. The van der Waals surface area contributed by atoms with E-state index in [1.54, 1.807) is 24.5 Å². The second-order valence-corrected chi connectivity index (χ2v) is 8.67. The van der Waals surface area contributed by atoms with Gasteiger partial charge in [-0.3, -0.25) is 9.69 Å². The van der Waals surface area contributed by atoms with Gasteiger partial charge in [0, 0.05) is 61.6 Å². The number of nitrogen functional groups attached to an aromatic ring is 1. The highest BCUT2D eigenvalue weighted by molar-refractivity contribution is 5.99. The number of aromatic nitrogens is 3. The molecule has 1 amide bonds. The van der Waals surface area contributed by atoms with E-state index in [1.165, 1.54) is 13.3 Å². The van der Waals surface area contributed by atoms with Crippen molar-refractivity contribution in [1.29, 1.82) is 0 Å². The van der Waals surface area contributed by atoms with E-state index in [1.807, 2.05) is 11.0 Å².